The summed E-state index contributed by atoms with van der Waals surface area (Å²) in [6.45, 7) is 6.64. The van der Waals surface area contributed by atoms with Crippen molar-refractivity contribution in [3.63, 3.8) is 0 Å². The molecule has 0 aliphatic carbocycles. The SMILES string of the molecule is Bc1cc2cc(C)ccc2c(-c2ccc3c4ccccc4n(C(C)C)c3c2)n1. The molecule has 0 spiro atoms. The minimum Gasteiger partial charge on any atom is -0.338 e. The van der Waals surface area contributed by atoms with E-state index in [0.717, 1.165) is 11.3 Å². The van der Waals surface area contributed by atoms with Crippen molar-refractivity contribution in [3.8, 4) is 11.3 Å². The summed E-state index contributed by atoms with van der Waals surface area (Å²) in [4.78, 5) is 4.93. The van der Waals surface area contributed by atoms with Crippen LogP contribution in [0.3, 0.4) is 0 Å². The quantitative estimate of drug-likeness (QED) is 0.397. The van der Waals surface area contributed by atoms with Crippen molar-refractivity contribution in [1.82, 2.24) is 9.55 Å². The predicted octanol–water partition coefficient (Wildman–Crippen LogP) is 5.16. The summed E-state index contributed by atoms with van der Waals surface area (Å²) in [6, 6.07) is 24.7. The summed E-state index contributed by atoms with van der Waals surface area (Å²) in [6.07, 6.45) is 0. The van der Waals surface area contributed by atoms with E-state index in [1.54, 1.807) is 0 Å². The van der Waals surface area contributed by atoms with Gasteiger partial charge in [-0.15, -0.1) is 0 Å². The molecule has 5 aromatic rings. The normalized spacial score (nSPS) is 11.9. The lowest BCUT2D eigenvalue weighted by molar-refractivity contribution is 0.642. The second kappa shape index (κ2) is 6.24. The van der Waals surface area contributed by atoms with Crippen LogP contribution in [0.2, 0.25) is 0 Å². The highest BCUT2D eigenvalue weighted by molar-refractivity contribution is 6.32. The molecule has 3 aromatic carbocycles. The Morgan fingerprint density at radius 3 is 2.39 bits per heavy atom. The molecule has 2 nitrogen and oxygen atoms in total. The van der Waals surface area contributed by atoms with E-state index in [4.69, 9.17) is 4.98 Å². The van der Waals surface area contributed by atoms with Crippen LogP contribution in [0.4, 0.5) is 0 Å². The van der Waals surface area contributed by atoms with Crippen LogP contribution in [-0.2, 0) is 0 Å². The zero-order valence-corrected chi connectivity index (χ0v) is 16.8. The van der Waals surface area contributed by atoms with E-state index in [1.165, 1.54) is 43.7 Å². The Hall–Kier alpha value is -3.07. The van der Waals surface area contributed by atoms with E-state index in [2.05, 4.69) is 99.9 Å². The van der Waals surface area contributed by atoms with E-state index in [-0.39, 0.29) is 0 Å². The van der Waals surface area contributed by atoms with Gasteiger partial charge >= 0.3 is 0 Å². The topological polar surface area (TPSA) is 17.8 Å². The number of nitrogens with zero attached hydrogens (tertiary/aromatic N) is 2. The number of aryl methyl sites for hydroxylation is 1. The molecule has 5 rings (SSSR count). The van der Waals surface area contributed by atoms with Gasteiger partial charge in [0.25, 0.3) is 0 Å². The first-order valence-electron chi connectivity index (χ1n) is 9.94. The standard InChI is InChI=1S/C25H23BN2/c1-15(2)28-22-7-5-4-6-20(22)21-11-9-17(13-23(21)28)25-19-10-8-16(3)12-18(19)14-24(26)27-25/h4-15H,26H2,1-3H3. The minimum absolute atomic E-state index is 0.391. The molecule has 0 amide bonds. The van der Waals surface area contributed by atoms with Gasteiger partial charge in [0.2, 0.25) is 0 Å². The molecule has 0 radical (unpaired) electrons. The van der Waals surface area contributed by atoms with Crippen LogP contribution in [0.15, 0.2) is 66.7 Å². The number of hydrogen-bond donors (Lipinski definition) is 0. The van der Waals surface area contributed by atoms with Gasteiger partial charge in [-0.25, -0.2) is 0 Å². The van der Waals surface area contributed by atoms with E-state index in [1.807, 2.05) is 0 Å². The van der Waals surface area contributed by atoms with Crippen LogP contribution in [0.25, 0.3) is 43.8 Å². The second-order valence-corrected chi connectivity index (χ2v) is 8.05. The highest BCUT2D eigenvalue weighted by atomic mass is 15.0. The Labute approximate surface area is 166 Å². The number of fused-ring (bicyclic) bond motifs is 4. The highest BCUT2D eigenvalue weighted by Gasteiger charge is 2.15. The van der Waals surface area contributed by atoms with Gasteiger partial charge in [0.15, 0.2) is 7.85 Å². The number of benzene rings is 3. The lowest BCUT2D eigenvalue weighted by Gasteiger charge is -2.13. The van der Waals surface area contributed by atoms with Gasteiger partial charge in [-0.2, -0.15) is 0 Å². The van der Waals surface area contributed by atoms with Crippen molar-refractivity contribution in [2.45, 2.75) is 26.8 Å². The lowest BCUT2D eigenvalue weighted by atomic mass is 9.95. The maximum atomic E-state index is 4.93. The molecule has 0 unspecified atom stereocenters. The first-order chi connectivity index (χ1) is 13.5. The van der Waals surface area contributed by atoms with Crippen LogP contribution in [-0.4, -0.2) is 17.4 Å². The molecule has 0 bridgehead atoms. The maximum absolute atomic E-state index is 4.93. The van der Waals surface area contributed by atoms with Crippen LogP contribution in [0, 0.1) is 6.92 Å². The van der Waals surface area contributed by atoms with Crippen molar-refractivity contribution < 1.29 is 0 Å². The smallest absolute Gasteiger partial charge is 0.163 e. The monoisotopic (exact) mass is 362 g/mol. The Bertz CT molecular complexity index is 1360. The van der Waals surface area contributed by atoms with Gasteiger partial charge in [-0.05, 0) is 49.9 Å². The van der Waals surface area contributed by atoms with Crippen LogP contribution >= 0.6 is 0 Å². The molecule has 0 fully saturated rings. The van der Waals surface area contributed by atoms with Gasteiger partial charge in [-0.3, -0.25) is 4.98 Å². The van der Waals surface area contributed by atoms with Crippen molar-refractivity contribution >= 4 is 46.0 Å². The lowest BCUT2D eigenvalue weighted by Crippen LogP contribution is -2.09. The summed E-state index contributed by atoms with van der Waals surface area (Å²) in [7, 11) is 2.08. The van der Waals surface area contributed by atoms with Gasteiger partial charge in [0.05, 0.1) is 11.2 Å². The fourth-order valence-corrected chi connectivity index (χ4v) is 4.43. The molecule has 0 aliphatic rings. The number of hydrogen-bond acceptors (Lipinski definition) is 1. The molecule has 136 valence electrons. The molecule has 0 aliphatic heterocycles. The molecule has 0 atom stereocenters. The Morgan fingerprint density at radius 2 is 1.57 bits per heavy atom. The molecular formula is C25H23BN2. The van der Waals surface area contributed by atoms with Crippen molar-refractivity contribution in [2.75, 3.05) is 0 Å². The zero-order chi connectivity index (χ0) is 19.4. The van der Waals surface area contributed by atoms with Crippen molar-refractivity contribution in [1.29, 1.82) is 0 Å². The number of para-hydroxylation sites is 1. The molecular weight excluding hydrogens is 339 g/mol. The first-order valence-corrected chi connectivity index (χ1v) is 9.94. The summed E-state index contributed by atoms with van der Waals surface area (Å²) >= 11 is 0. The molecule has 3 heteroatoms. The van der Waals surface area contributed by atoms with Crippen LogP contribution < -0.4 is 5.59 Å². The van der Waals surface area contributed by atoms with Gasteiger partial charge in [0, 0.05) is 33.3 Å². The molecule has 28 heavy (non-hydrogen) atoms. The maximum Gasteiger partial charge on any atom is 0.163 e. The predicted molar refractivity (Wildman–Crippen MR) is 123 cm³/mol. The van der Waals surface area contributed by atoms with E-state index in [9.17, 15) is 0 Å². The number of aromatic nitrogens is 2. The number of rotatable bonds is 2. The van der Waals surface area contributed by atoms with Gasteiger partial charge < -0.3 is 4.57 Å². The molecule has 2 heterocycles. The second-order valence-electron chi connectivity index (χ2n) is 8.05. The largest absolute Gasteiger partial charge is 0.338 e. The summed E-state index contributed by atoms with van der Waals surface area (Å²) in [5, 5.41) is 5.09. The molecule has 0 N–H and O–H groups in total. The van der Waals surface area contributed by atoms with Gasteiger partial charge in [0.1, 0.15) is 0 Å². The fourth-order valence-electron chi connectivity index (χ4n) is 4.43. The third kappa shape index (κ3) is 2.54. The third-order valence-electron chi connectivity index (χ3n) is 5.62. The first kappa shape index (κ1) is 17.1. The summed E-state index contributed by atoms with van der Waals surface area (Å²) in [5.74, 6) is 0. The van der Waals surface area contributed by atoms with E-state index in [0.29, 0.717) is 6.04 Å². The highest BCUT2D eigenvalue weighted by Crippen LogP contribution is 2.35. The van der Waals surface area contributed by atoms with Gasteiger partial charge in [-0.1, -0.05) is 54.1 Å². The Kier molecular flexibility index (Phi) is 3.80. The van der Waals surface area contributed by atoms with E-state index >= 15 is 0 Å². The average molecular weight is 362 g/mol. The average Bonchev–Trinajstić information content (AvgIpc) is 3.00. The van der Waals surface area contributed by atoms with Crippen LogP contribution in [0.5, 0.6) is 0 Å². The molecule has 2 aromatic heterocycles. The zero-order valence-electron chi connectivity index (χ0n) is 16.8. The minimum atomic E-state index is 0.391. The Balaban J connectivity index is 1.85. The van der Waals surface area contributed by atoms with Crippen molar-refractivity contribution in [2.24, 2.45) is 0 Å². The van der Waals surface area contributed by atoms with E-state index < -0.39 is 0 Å². The molecule has 0 saturated heterocycles. The molecule has 0 saturated carbocycles. The van der Waals surface area contributed by atoms with Crippen molar-refractivity contribution in [3.05, 3.63) is 72.3 Å². The summed E-state index contributed by atoms with van der Waals surface area (Å²) < 4.78 is 2.44. The fraction of sp³-hybridized carbons (Fsp3) is 0.160. The summed E-state index contributed by atoms with van der Waals surface area (Å²) in [5.41, 5.74) is 7.14. The van der Waals surface area contributed by atoms with Crippen LogP contribution in [0.1, 0.15) is 25.5 Å². The number of pyridine rings is 1. The Morgan fingerprint density at radius 1 is 0.821 bits per heavy atom. The third-order valence-corrected chi connectivity index (χ3v) is 5.62.